The van der Waals surface area contributed by atoms with E-state index in [1.165, 1.54) is 25.7 Å². The Balaban J connectivity index is 1.29. The first-order chi connectivity index (χ1) is 12.7. The highest BCUT2D eigenvalue weighted by molar-refractivity contribution is 5.79. The molecule has 7 unspecified atom stereocenters. The van der Waals surface area contributed by atoms with Crippen LogP contribution in [0.2, 0.25) is 0 Å². The van der Waals surface area contributed by atoms with Crippen molar-refractivity contribution in [3.05, 3.63) is 0 Å². The highest BCUT2D eigenvalue weighted by Gasteiger charge is 2.44. The van der Waals surface area contributed by atoms with E-state index < -0.39 is 0 Å². The lowest BCUT2D eigenvalue weighted by Gasteiger charge is -2.37. The van der Waals surface area contributed by atoms with Crippen LogP contribution in [-0.4, -0.2) is 37.4 Å². The molecular formula is C20H36N4O2. The van der Waals surface area contributed by atoms with Crippen molar-refractivity contribution < 1.29 is 9.63 Å². The lowest BCUT2D eigenvalue weighted by Crippen LogP contribution is -2.49. The fourth-order valence-electron chi connectivity index (χ4n) is 5.83. The van der Waals surface area contributed by atoms with Crippen molar-refractivity contribution in [1.29, 1.82) is 0 Å². The standard InChI is InChI=1S/C20H36N4O2/c1-3-18-23-19(24-26-18)14-4-6-16-13(10-14)5-7-17(16)22-20(25)15-8-9-21-11-12(15)2/h12-19,21,23-24H,3-11H2,1-2H3,(H,22,25)/t12?,13?,14?,15?,16?,17-,18?,19?/m1/s1. The maximum absolute atomic E-state index is 12.8. The Morgan fingerprint density at radius 1 is 1.15 bits per heavy atom. The summed E-state index contributed by atoms with van der Waals surface area (Å²) in [5.74, 6) is 3.03. The zero-order valence-corrected chi connectivity index (χ0v) is 16.3. The first-order valence-corrected chi connectivity index (χ1v) is 10.8. The fourth-order valence-corrected chi connectivity index (χ4v) is 5.83. The Morgan fingerprint density at radius 2 is 2.00 bits per heavy atom. The van der Waals surface area contributed by atoms with Crippen molar-refractivity contribution in [3.63, 3.8) is 0 Å². The van der Waals surface area contributed by atoms with Gasteiger partial charge in [0.05, 0.1) is 6.17 Å². The van der Waals surface area contributed by atoms with E-state index in [0.717, 1.165) is 38.3 Å². The molecule has 26 heavy (non-hydrogen) atoms. The van der Waals surface area contributed by atoms with Gasteiger partial charge in [0.2, 0.25) is 5.91 Å². The largest absolute Gasteiger partial charge is 0.353 e. The molecule has 0 aromatic heterocycles. The van der Waals surface area contributed by atoms with Crippen LogP contribution in [-0.2, 0) is 9.63 Å². The van der Waals surface area contributed by atoms with E-state index in [1.54, 1.807) is 0 Å². The van der Waals surface area contributed by atoms with Gasteiger partial charge in [-0.15, -0.1) is 0 Å². The number of hydrogen-bond donors (Lipinski definition) is 4. The number of hydroxylamine groups is 1. The maximum atomic E-state index is 12.8. The van der Waals surface area contributed by atoms with Crippen LogP contribution in [0.5, 0.6) is 0 Å². The molecule has 0 spiro atoms. The van der Waals surface area contributed by atoms with Crippen LogP contribution in [0.1, 0.15) is 58.8 Å². The SMILES string of the molecule is CCC1NC(C2CCC3C(CC[C@H]3NC(=O)C3CCNCC3C)C2)NO1. The molecule has 0 aromatic rings. The van der Waals surface area contributed by atoms with Gasteiger partial charge in [-0.05, 0) is 81.7 Å². The molecule has 1 amide bonds. The Hall–Kier alpha value is -0.690. The molecule has 2 saturated heterocycles. The van der Waals surface area contributed by atoms with E-state index in [4.69, 9.17) is 4.84 Å². The highest BCUT2D eigenvalue weighted by Crippen LogP contribution is 2.45. The average Bonchev–Trinajstić information content (AvgIpc) is 3.29. The molecule has 2 aliphatic carbocycles. The van der Waals surface area contributed by atoms with Crippen LogP contribution in [0.3, 0.4) is 0 Å². The smallest absolute Gasteiger partial charge is 0.223 e. The quantitative estimate of drug-likeness (QED) is 0.611. The van der Waals surface area contributed by atoms with E-state index in [1.807, 2.05) is 0 Å². The number of fused-ring (bicyclic) bond motifs is 1. The van der Waals surface area contributed by atoms with Crippen LogP contribution in [0, 0.1) is 29.6 Å². The van der Waals surface area contributed by atoms with Gasteiger partial charge < -0.3 is 10.6 Å². The fraction of sp³-hybridized carbons (Fsp3) is 0.950. The van der Waals surface area contributed by atoms with Crippen molar-refractivity contribution in [1.82, 2.24) is 21.4 Å². The van der Waals surface area contributed by atoms with Gasteiger partial charge >= 0.3 is 0 Å². The van der Waals surface area contributed by atoms with Crippen molar-refractivity contribution in [2.24, 2.45) is 29.6 Å². The van der Waals surface area contributed by atoms with Crippen LogP contribution >= 0.6 is 0 Å². The average molecular weight is 365 g/mol. The van der Waals surface area contributed by atoms with Crippen molar-refractivity contribution in [2.75, 3.05) is 13.1 Å². The van der Waals surface area contributed by atoms with E-state index in [2.05, 4.69) is 35.3 Å². The lowest BCUT2D eigenvalue weighted by molar-refractivity contribution is -0.128. The van der Waals surface area contributed by atoms with Crippen molar-refractivity contribution in [3.8, 4) is 0 Å². The molecular weight excluding hydrogens is 328 g/mol. The summed E-state index contributed by atoms with van der Waals surface area (Å²) in [7, 11) is 0. The van der Waals surface area contributed by atoms with Gasteiger partial charge in [-0.3, -0.25) is 14.9 Å². The number of nitrogens with one attached hydrogen (secondary N) is 4. The monoisotopic (exact) mass is 364 g/mol. The van der Waals surface area contributed by atoms with Gasteiger partial charge in [0.1, 0.15) is 6.23 Å². The lowest BCUT2D eigenvalue weighted by atomic mass is 9.73. The highest BCUT2D eigenvalue weighted by atomic mass is 16.7. The molecule has 2 heterocycles. The third kappa shape index (κ3) is 3.79. The number of amides is 1. The van der Waals surface area contributed by atoms with E-state index in [-0.39, 0.29) is 12.1 Å². The molecule has 4 N–H and O–H groups in total. The summed E-state index contributed by atoms with van der Waals surface area (Å²) in [6, 6.07) is 0.402. The van der Waals surface area contributed by atoms with Crippen LogP contribution < -0.4 is 21.4 Å². The summed E-state index contributed by atoms with van der Waals surface area (Å²) in [6.07, 6.45) is 8.56. The summed E-state index contributed by atoms with van der Waals surface area (Å²) < 4.78 is 0. The molecule has 148 valence electrons. The Morgan fingerprint density at radius 3 is 2.77 bits per heavy atom. The molecule has 0 aromatic carbocycles. The van der Waals surface area contributed by atoms with Gasteiger partial charge in [0.15, 0.2) is 0 Å². The first-order valence-electron chi connectivity index (χ1n) is 10.8. The van der Waals surface area contributed by atoms with E-state index >= 15 is 0 Å². The molecule has 2 aliphatic heterocycles. The topological polar surface area (TPSA) is 74.4 Å². The second-order valence-electron chi connectivity index (χ2n) is 9.04. The normalized spacial score (nSPS) is 46.1. The third-order valence-electron chi connectivity index (χ3n) is 7.44. The second-order valence-corrected chi connectivity index (χ2v) is 9.04. The molecule has 2 saturated carbocycles. The molecule has 6 nitrogen and oxygen atoms in total. The molecule has 6 heteroatoms. The maximum Gasteiger partial charge on any atom is 0.223 e. The first kappa shape index (κ1) is 18.7. The summed E-state index contributed by atoms with van der Waals surface area (Å²) in [5, 5.41) is 10.4. The molecule has 4 aliphatic rings. The van der Waals surface area contributed by atoms with Crippen LogP contribution in [0.4, 0.5) is 0 Å². The number of carbonyl (C=O) groups is 1. The summed E-state index contributed by atoms with van der Waals surface area (Å²) in [6.45, 7) is 6.29. The summed E-state index contributed by atoms with van der Waals surface area (Å²) in [5.41, 5.74) is 3.21. The minimum atomic E-state index is 0.153. The minimum absolute atomic E-state index is 0.153. The number of carbonyl (C=O) groups excluding carboxylic acids is 1. The molecule has 8 atom stereocenters. The zero-order chi connectivity index (χ0) is 18.1. The van der Waals surface area contributed by atoms with Crippen molar-refractivity contribution in [2.45, 2.75) is 77.2 Å². The minimum Gasteiger partial charge on any atom is -0.353 e. The van der Waals surface area contributed by atoms with E-state index in [9.17, 15) is 4.79 Å². The van der Waals surface area contributed by atoms with E-state index in [0.29, 0.717) is 35.9 Å². The third-order valence-corrected chi connectivity index (χ3v) is 7.44. The molecule has 0 bridgehead atoms. The summed E-state index contributed by atoms with van der Waals surface area (Å²) >= 11 is 0. The number of piperidine rings is 1. The zero-order valence-electron chi connectivity index (χ0n) is 16.3. The van der Waals surface area contributed by atoms with Gasteiger partial charge in [-0.25, -0.2) is 0 Å². The van der Waals surface area contributed by atoms with Gasteiger partial charge in [0.25, 0.3) is 0 Å². The predicted molar refractivity (Wildman–Crippen MR) is 101 cm³/mol. The van der Waals surface area contributed by atoms with Gasteiger partial charge in [0, 0.05) is 12.0 Å². The number of rotatable bonds is 4. The van der Waals surface area contributed by atoms with Crippen LogP contribution in [0.15, 0.2) is 0 Å². The number of hydrogen-bond acceptors (Lipinski definition) is 5. The molecule has 0 radical (unpaired) electrons. The predicted octanol–water partition coefficient (Wildman–Crippen LogP) is 1.73. The molecule has 4 rings (SSSR count). The molecule has 4 fully saturated rings. The Kier molecular flexibility index (Phi) is 5.84. The Labute approximate surface area is 157 Å². The van der Waals surface area contributed by atoms with Crippen molar-refractivity contribution >= 4 is 5.91 Å². The Bertz CT molecular complexity index is 502. The second kappa shape index (κ2) is 8.13. The summed E-state index contributed by atoms with van der Waals surface area (Å²) in [4.78, 5) is 18.4. The van der Waals surface area contributed by atoms with Gasteiger partial charge in [-0.2, -0.15) is 5.48 Å². The van der Waals surface area contributed by atoms with Crippen LogP contribution in [0.25, 0.3) is 0 Å². The van der Waals surface area contributed by atoms with Gasteiger partial charge in [-0.1, -0.05) is 13.8 Å².